The van der Waals surface area contributed by atoms with Gasteiger partial charge in [0.15, 0.2) is 0 Å². The fourth-order valence-electron chi connectivity index (χ4n) is 4.41. The Kier molecular flexibility index (Phi) is 5.58. The number of aryl methyl sites for hydroxylation is 1. The summed E-state index contributed by atoms with van der Waals surface area (Å²) in [6.07, 6.45) is 6.81. The Hall–Kier alpha value is -2.07. The van der Waals surface area contributed by atoms with Gasteiger partial charge in [-0.3, -0.25) is 9.69 Å². The minimum Gasteiger partial charge on any atom is -0.334 e. The summed E-state index contributed by atoms with van der Waals surface area (Å²) in [4.78, 5) is 17.9. The second-order valence-electron chi connectivity index (χ2n) is 8.74. The van der Waals surface area contributed by atoms with Crippen molar-refractivity contribution >= 4 is 11.4 Å². The van der Waals surface area contributed by atoms with E-state index in [4.69, 9.17) is 0 Å². The van der Waals surface area contributed by atoms with Gasteiger partial charge in [-0.1, -0.05) is 13.0 Å². The van der Waals surface area contributed by atoms with Gasteiger partial charge in [0.2, 0.25) is 0 Å². The quantitative estimate of drug-likeness (QED) is 0.705. The van der Waals surface area contributed by atoms with Gasteiger partial charge in [-0.05, 0) is 80.8 Å². The Balaban J connectivity index is 1.66. The minimum absolute atomic E-state index is 0.103. The number of benzene rings is 1. The van der Waals surface area contributed by atoms with Crippen LogP contribution in [-0.4, -0.2) is 28.6 Å². The first-order chi connectivity index (χ1) is 13.6. The molecule has 1 aliphatic heterocycles. The maximum atomic E-state index is 13.1. The first kappa shape index (κ1) is 19.3. The predicted molar refractivity (Wildman–Crippen MR) is 116 cm³/mol. The van der Waals surface area contributed by atoms with Gasteiger partial charge in [0.25, 0.3) is 5.56 Å². The van der Waals surface area contributed by atoms with Crippen LogP contribution in [0.4, 0.5) is 11.4 Å². The van der Waals surface area contributed by atoms with Gasteiger partial charge < -0.3 is 9.47 Å². The van der Waals surface area contributed by atoms with Crippen LogP contribution in [-0.2, 0) is 19.5 Å². The van der Waals surface area contributed by atoms with Crippen LogP contribution in [0.2, 0.25) is 0 Å². The van der Waals surface area contributed by atoms with E-state index in [1.165, 1.54) is 37.1 Å². The summed E-state index contributed by atoms with van der Waals surface area (Å²) < 4.78 is 1.83. The largest absolute Gasteiger partial charge is 0.334 e. The molecule has 4 heteroatoms. The Labute approximate surface area is 168 Å². The highest BCUT2D eigenvalue weighted by atomic mass is 16.1. The van der Waals surface area contributed by atoms with E-state index in [9.17, 15) is 4.79 Å². The summed E-state index contributed by atoms with van der Waals surface area (Å²) in [5.41, 5.74) is 4.91. The van der Waals surface area contributed by atoms with Gasteiger partial charge in [0, 0.05) is 44.1 Å². The molecule has 2 aliphatic rings. The number of anilines is 2. The average Bonchev–Trinajstić information content (AvgIpc) is 3.48. The van der Waals surface area contributed by atoms with Gasteiger partial charge in [-0.25, -0.2) is 0 Å². The third-order valence-electron chi connectivity index (χ3n) is 6.01. The summed E-state index contributed by atoms with van der Waals surface area (Å²) in [5.74, 6) is 0.929. The van der Waals surface area contributed by atoms with Crippen LogP contribution in [0.25, 0.3) is 0 Å². The molecule has 1 fully saturated rings. The minimum atomic E-state index is 0.103. The molecule has 0 amide bonds. The Morgan fingerprint density at radius 3 is 2.71 bits per heavy atom. The summed E-state index contributed by atoms with van der Waals surface area (Å²) in [5, 5.41) is 0. The van der Waals surface area contributed by atoms with Gasteiger partial charge in [0.1, 0.15) is 5.69 Å². The summed E-state index contributed by atoms with van der Waals surface area (Å²) >= 11 is 0. The normalized spacial score (nSPS) is 17.0. The maximum Gasteiger partial charge on any atom is 0.274 e. The number of nitrogens with zero attached hydrogens (tertiary/aromatic N) is 3. The molecule has 1 aliphatic carbocycles. The van der Waals surface area contributed by atoms with Crippen LogP contribution < -0.4 is 10.5 Å². The highest BCUT2D eigenvalue weighted by Crippen LogP contribution is 2.33. The molecule has 0 spiro atoms. The van der Waals surface area contributed by atoms with Crippen molar-refractivity contribution in [3.05, 3.63) is 58.0 Å². The number of aromatic nitrogens is 1. The molecule has 150 valence electrons. The van der Waals surface area contributed by atoms with E-state index in [0.717, 1.165) is 43.2 Å². The Bertz CT molecular complexity index is 882. The summed E-state index contributed by atoms with van der Waals surface area (Å²) in [7, 11) is 0. The zero-order valence-corrected chi connectivity index (χ0v) is 17.5. The number of hydrogen-bond donors (Lipinski definition) is 0. The molecule has 0 radical (unpaired) electrons. The molecule has 0 saturated heterocycles. The van der Waals surface area contributed by atoms with Crippen LogP contribution in [0.15, 0.2) is 41.3 Å². The molecule has 0 unspecified atom stereocenters. The molecule has 0 N–H and O–H groups in total. The molecule has 1 saturated carbocycles. The number of hydrogen-bond acceptors (Lipinski definition) is 3. The molecule has 4 nitrogen and oxygen atoms in total. The zero-order valence-electron chi connectivity index (χ0n) is 17.5. The van der Waals surface area contributed by atoms with Gasteiger partial charge in [0.05, 0.1) is 0 Å². The van der Waals surface area contributed by atoms with Crippen molar-refractivity contribution in [1.29, 1.82) is 0 Å². The Morgan fingerprint density at radius 2 is 2.00 bits per heavy atom. The summed E-state index contributed by atoms with van der Waals surface area (Å²) in [6, 6.07) is 11.0. The van der Waals surface area contributed by atoms with E-state index in [0.29, 0.717) is 0 Å². The van der Waals surface area contributed by atoms with Crippen molar-refractivity contribution in [2.75, 3.05) is 18.0 Å². The molecule has 1 aromatic heterocycles. The van der Waals surface area contributed by atoms with E-state index in [2.05, 4.69) is 48.8 Å². The van der Waals surface area contributed by atoms with E-state index >= 15 is 0 Å². The van der Waals surface area contributed by atoms with E-state index in [1.54, 1.807) is 0 Å². The van der Waals surface area contributed by atoms with Crippen LogP contribution in [0.5, 0.6) is 0 Å². The van der Waals surface area contributed by atoms with Crippen molar-refractivity contribution < 1.29 is 0 Å². The third-order valence-corrected chi connectivity index (χ3v) is 6.01. The lowest BCUT2D eigenvalue weighted by molar-refractivity contribution is 0.244. The second-order valence-corrected chi connectivity index (χ2v) is 8.74. The number of rotatable bonds is 7. The van der Waals surface area contributed by atoms with Crippen LogP contribution >= 0.6 is 0 Å². The average molecular weight is 380 g/mol. The molecule has 0 bridgehead atoms. The van der Waals surface area contributed by atoms with Gasteiger partial charge >= 0.3 is 0 Å². The maximum absolute atomic E-state index is 13.1. The van der Waals surface area contributed by atoms with E-state index in [-0.39, 0.29) is 11.6 Å². The van der Waals surface area contributed by atoms with Crippen LogP contribution in [0.3, 0.4) is 0 Å². The van der Waals surface area contributed by atoms with Gasteiger partial charge in [-0.2, -0.15) is 0 Å². The SMILES string of the molecule is CCCn1cccc(N(c2ccc3c(c2)CN(CC2CC2)CC3)C(C)C)c1=O. The molecule has 28 heavy (non-hydrogen) atoms. The van der Waals surface area contributed by atoms with Crippen LogP contribution in [0, 0.1) is 5.92 Å². The second kappa shape index (κ2) is 8.12. The fourth-order valence-corrected chi connectivity index (χ4v) is 4.41. The topological polar surface area (TPSA) is 28.5 Å². The lowest BCUT2D eigenvalue weighted by atomic mass is 9.98. The number of fused-ring (bicyclic) bond motifs is 1. The van der Waals surface area contributed by atoms with E-state index < -0.39 is 0 Å². The van der Waals surface area contributed by atoms with Crippen molar-refractivity contribution in [2.45, 2.75) is 65.6 Å². The smallest absolute Gasteiger partial charge is 0.274 e. The molecule has 2 heterocycles. The molecule has 4 rings (SSSR count). The molecular weight excluding hydrogens is 346 g/mol. The first-order valence-corrected chi connectivity index (χ1v) is 10.9. The lowest BCUT2D eigenvalue weighted by Crippen LogP contribution is -2.34. The molecule has 2 aromatic rings. The number of pyridine rings is 1. The lowest BCUT2D eigenvalue weighted by Gasteiger charge is -2.32. The zero-order chi connectivity index (χ0) is 19.7. The predicted octanol–water partition coefficient (Wildman–Crippen LogP) is 4.57. The third kappa shape index (κ3) is 4.02. The fraction of sp³-hybridized carbons (Fsp3) is 0.542. The first-order valence-electron chi connectivity index (χ1n) is 10.9. The summed E-state index contributed by atoms with van der Waals surface area (Å²) in [6.45, 7) is 10.7. The highest BCUT2D eigenvalue weighted by Gasteiger charge is 2.27. The molecular formula is C24H33N3O. The van der Waals surface area contributed by atoms with Crippen molar-refractivity contribution in [2.24, 2.45) is 5.92 Å². The van der Waals surface area contributed by atoms with Crippen molar-refractivity contribution in [1.82, 2.24) is 9.47 Å². The van der Waals surface area contributed by atoms with Crippen molar-refractivity contribution in [3.8, 4) is 0 Å². The Morgan fingerprint density at radius 1 is 1.18 bits per heavy atom. The van der Waals surface area contributed by atoms with Crippen molar-refractivity contribution in [3.63, 3.8) is 0 Å². The van der Waals surface area contributed by atoms with E-state index in [1.807, 2.05) is 22.9 Å². The monoisotopic (exact) mass is 379 g/mol. The van der Waals surface area contributed by atoms with Gasteiger partial charge in [-0.15, -0.1) is 0 Å². The molecule has 0 atom stereocenters. The molecule has 1 aromatic carbocycles. The standard InChI is InChI=1S/C24H33N3O/c1-4-12-26-13-5-6-23(24(26)28)27(18(2)3)22-10-9-20-11-14-25(16-19-7-8-19)17-21(20)15-22/h5-6,9-10,13,15,18-19H,4,7-8,11-12,14,16-17H2,1-3H3. The van der Waals surface area contributed by atoms with Crippen LogP contribution in [0.1, 0.15) is 51.2 Å². The highest BCUT2D eigenvalue weighted by molar-refractivity contribution is 5.64.